The molecule has 0 bridgehead atoms. The van der Waals surface area contributed by atoms with Crippen LogP contribution in [0.25, 0.3) is 0 Å². The van der Waals surface area contributed by atoms with Gasteiger partial charge in [0.15, 0.2) is 5.69 Å². The van der Waals surface area contributed by atoms with Crippen LogP contribution in [0.5, 0.6) is 0 Å². The molecule has 1 aromatic heterocycles. The van der Waals surface area contributed by atoms with E-state index in [9.17, 15) is 4.79 Å². The maximum absolute atomic E-state index is 12.0. The molecule has 0 aliphatic heterocycles. The molecule has 0 aliphatic rings. The van der Waals surface area contributed by atoms with Crippen LogP contribution in [0, 0.1) is 6.92 Å². The second-order valence-corrected chi connectivity index (χ2v) is 4.83. The van der Waals surface area contributed by atoms with E-state index in [1.165, 1.54) is 0 Å². The molecule has 0 fully saturated rings. The molecule has 1 aromatic carbocycles. The molecular formula is C14H18N4O. The van der Waals surface area contributed by atoms with E-state index >= 15 is 0 Å². The Morgan fingerprint density at radius 2 is 2.16 bits per heavy atom. The normalized spacial score (nSPS) is 10.7. The minimum Gasteiger partial charge on any atom is -0.321 e. The van der Waals surface area contributed by atoms with Crippen molar-refractivity contribution in [3.05, 3.63) is 47.3 Å². The van der Waals surface area contributed by atoms with Gasteiger partial charge in [-0.25, -0.2) is 0 Å². The molecule has 1 heterocycles. The van der Waals surface area contributed by atoms with Gasteiger partial charge in [0.25, 0.3) is 5.91 Å². The van der Waals surface area contributed by atoms with Crippen molar-refractivity contribution in [3.8, 4) is 0 Å². The highest BCUT2D eigenvalue weighted by Crippen LogP contribution is 2.13. The van der Waals surface area contributed by atoms with Crippen molar-refractivity contribution in [3.63, 3.8) is 0 Å². The highest BCUT2D eigenvalue weighted by atomic mass is 16.1. The van der Waals surface area contributed by atoms with E-state index in [1.807, 2.05) is 45.3 Å². The molecule has 5 nitrogen and oxygen atoms in total. The summed E-state index contributed by atoms with van der Waals surface area (Å²) >= 11 is 0. The molecule has 0 unspecified atom stereocenters. The summed E-state index contributed by atoms with van der Waals surface area (Å²) in [6, 6.07) is 9.53. The molecule has 100 valence electrons. The lowest BCUT2D eigenvalue weighted by Crippen LogP contribution is -2.14. The number of aryl methyl sites for hydroxylation is 1. The predicted octanol–water partition coefficient (Wildman–Crippen LogP) is 2.03. The molecule has 0 aliphatic carbocycles. The lowest BCUT2D eigenvalue weighted by Gasteiger charge is -2.11. The van der Waals surface area contributed by atoms with Gasteiger partial charge < -0.3 is 10.2 Å². The number of H-pyrrole nitrogens is 1. The highest BCUT2D eigenvalue weighted by Gasteiger charge is 2.09. The number of carbonyl (C=O) groups is 1. The summed E-state index contributed by atoms with van der Waals surface area (Å²) in [6.45, 7) is 2.70. The van der Waals surface area contributed by atoms with E-state index in [2.05, 4.69) is 20.4 Å². The van der Waals surface area contributed by atoms with E-state index < -0.39 is 0 Å². The first-order chi connectivity index (χ1) is 9.04. The Morgan fingerprint density at radius 1 is 1.37 bits per heavy atom. The van der Waals surface area contributed by atoms with Crippen molar-refractivity contribution in [2.24, 2.45) is 0 Å². The van der Waals surface area contributed by atoms with Crippen molar-refractivity contribution in [1.29, 1.82) is 0 Å². The molecule has 19 heavy (non-hydrogen) atoms. The SMILES string of the molecule is Cc1cc(C(=O)Nc2cccc(CN(C)C)c2)n[nH]1. The molecule has 5 heteroatoms. The summed E-state index contributed by atoms with van der Waals surface area (Å²) in [4.78, 5) is 14.0. The van der Waals surface area contributed by atoms with Crippen molar-refractivity contribution < 1.29 is 4.79 Å². The first-order valence-corrected chi connectivity index (χ1v) is 6.11. The number of aromatic amines is 1. The lowest BCUT2D eigenvalue weighted by atomic mass is 10.2. The molecule has 0 spiro atoms. The van der Waals surface area contributed by atoms with Gasteiger partial charge >= 0.3 is 0 Å². The molecule has 1 amide bonds. The van der Waals surface area contributed by atoms with Crippen LogP contribution in [0.2, 0.25) is 0 Å². The van der Waals surface area contributed by atoms with Crippen molar-refractivity contribution >= 4 is 11.6 Å². The number of nitrogens with one attached hydrogen (secondary N) is 2. The number of amides is 1. The molecule has 0 atom stereocenters. The zero-order chi connectivity index (χ0) is 13.8. The Labute approximate surface area is 112 Å². The lowest BCUT2D eigenvalue weighted by molar-refractivity contribution is 0.102. The standard InChI is InChI=1S/C14H18N4O/c1-10-7-13(17-16-10)14(19)15-12-6-4-5-11(8-12)9-18(2)3/h4-8H,9H2,1-3H3,(H,15,19)(H,16,17). The minimum atomic E-state index is -0.202. The summed E-state index contributed by atoms with van der Waals surface area (Å²) in [5.41, 5.74) is 3.20. The van der Waals surface area contributed by atoms with Gasteiger partial charge in [0.05, 0.1) is 0 Å². The predicted molar refractivity (Wildman–Crippen MR) is 75.1 cm³/mol. The number of aromatic nitrogens is 2. The highest BCUT2D eigenvalue weighted by molar-refractivity contribution is 6.02. The van der Waals surface area contributed by atoms with Gasteiger partial charge in [-0.3, -0.25) is 9.89 Å². The topological polar surface area (TPSA) is 61.0 Å². The van der Waals surface area contributed by atoms with E-state index in [0.29, 0.717) is 5.69 Å². The molecular weight excluding hydrogens is 240 g/mol. The van der Waals surface area contributed by atoms with Crippen molar-refractivity contribution in [2.45, 2.75) is 13.5 Å². The molecule has 2 aromatic rings. The van der Waals surface area contributed by atoms with Crippen LogP contribution in [-0.4, -0.2) is 35.1 Å². The van der Waals surface area contributed by atoms with E-state index in [0.717, 1.165) is 23.5 Å². The van der Waals surface area contributed by atoms with Crippen LogP contribution in [0.4, 0.5) is 5.69 Å². The molecule has 0 saturated carbocycles. The number of nitrogens with zero attached hydrogens (tertiary/aromatic N) is 2. The summed E-state index contributed by atoms with van der Waals surface area (Å²) < 4.78 is 0. The first-order valence-electron chi connectivity index (χ1n) is 6.11. The first kappa shape index (κ1) is 13.3. The quantitative estimate of drug-likeness (QED) is 0.882. The number of benzene rings is 1. The smallest absolute Gasteiger partial charge is 0.276 e. The Hall–Kier alpha value is -2.14. The van der Waals surface area contributed by atoms with Gasteiger partial charge in [-0.1, -0.05) is 12.1 Å². The van der Waals surface area contributed by atoms with Crippen LogP contribution in [0.15, 0.2) is 30.3 Å². The minimum absolute atomic E-state index is 0.202. The zero-order valence-electron chi connectivity index (χ0n) is 11.4. The van der Waals surface area contributed by atoms with E-state index in [4.69, 9.17) is 0 Å². The van der Waals surface area contributed by atoms with Crippen LogP contribution >= 0.6 is 0 Å². The van der Waals surface area contributed by atoms with Gasteiger partial charge in [-0.05, 0) is 44.8 Å². The Bertz CT molecular complexity index is 574. The maximum Gasteiger partial charge on any atom is 0.276 e. The Kier molecular flexibility index (Phi) is 3.97. The van der Waals surface area contributed by atoms with Crippen molar-refractivity contribution in [1.82, 2.24) is 15.1 Å². The van der Waals surface area contributed by atoms with Gasteiger partial charge in [-0.15, -0.1) is 0 Å². The average molecular weight is 258 g/mol. The van der Waals surface area contributed by atoms with E-state index in [-0.39, 0.29) is 5.91 Å². The Balaban J connectivity index is 2.08. The second-order valence-electron chi connectivity index (χ2n) is 4.83. The van der Waals surface area contributed by atoms with Gasteiger partial charge in [0.1, 0.15) is 0 Å². The Morgan fingerprint density at radius 3 is 2.79 bits per heavy atom. The van der Waals surface area contributed by atoms with Crippen LogP contribution in [0.3, 0.4) is 0 Å². The van der Waals surface area contributed by atoms with Gasteiger partial charge in [-0.2, -0.15) is 5.10 Å². The summed E-state index contributed by atoms with van der Waals surface area (Å²) in [5.74, 6) is -0.202. The third-order valence-corrected chi connectivity index (χ3v) is 2.62. The van der Waals surface area contributed by atoms with E-state index in [1.54, 1.807) is 6.07 Å². The van der Waals surface area contributed by atoms with Crippen molar-refractivity contribution in [2.75, 3.05) is 19.4 Å². The molecule has 2 N–H and O–H groups in total. The number of rotatable bonds is 4. The monoisotopic (exact) mass is 258 g/mol. The molecule has 2 rings (SSSR count). The van der Waals surface area contributed by atoms with Crippen LogP contribution in [-0.2, 0) is 6.54 Å². The fourth-order valence-corrected chi connectivity index (χ4v) is 1.84. The zero-order valence-corrected chi connectivity index (χ0v) is 11.4. The molecule has 0 saturated heterocycles. The van der Waals surface area contributed by atoms with Gasteiger partial charge in [0, 0.05) is 17.9 Å². The average Bonchev–Trinajstić information content (AvgIpc) is 2.75. The third kappa shape index (κ3) is 3.66. The van der Waals surface area contributed by atoms with Gasteiger partial charge in [0.2, 0.25) is 0 Å². The van der Waals surface area contributed by atoms with Crippen LogP contribution < -0.4 is 5.32 Å². The number of hydrogen-bond acceptors (Lipinski definition) is 3. The van der Waals surface area contributed by atoms with Crippen LogP contribution in [0.1, 0.15) is 21.7 Å². The fraction of sp³-hybridized carbons (Fsp3) is 0.286. The maximum atomic E-state index is 12.0. The number of anilines is 1. The molecule has 0 radical (unpaired) electrons. The third-order valence-electron chi connectivity index (χ3n) is 2.62. The fourth-order valence-electron chi connectivity index (χ4n) is 1.84. The number of hydrogen-bond donors (Lipinski definition) is 2. The number of carbonyl (C=O) groups excluding carboxylic acids is 1. The summed E-state index contributed by atoms with van der Waals surface area (Å²) in [6.07, 6.45) is 0. The largest absolute Gasteiger partial charge is 0.321 e. The summed E-state index contributed by atoms with van der Waals surface area (Å²) in [7, 11) is 4.02. The second kappa shape index (κ2) is 5.67. The summed E-state index contributed by atoms with van der Waals surface area (Å²) in [5, 5.41) is 9.54.